The fraction of sp³-hybridized carbons (Fsp3) is 0.353. The van der Waals surface area contributed by atoms with Gasteiger partial charge in [-0.1, -0.05) is 43.7 Å². The maximum Gasteiger partial charge on any atom is 0.320 e. The van der Waals surface area contributed by atoms with Gasteiger partial charge in [-0.05, 0) is 30.5 Å². The number of thiophene rings is 1. The highest BCUT2D eigenvalue weighted by Gasteiger charge is 2.20. The molecule has 1 aromatic carbocycles. The number of hydrogen-bond donors (Lipinski definition) is 2. The van der Waals surface area contributed by atoms with Gasteiger partial charge in [0.05, 0.1) is 0 Å². The summed E-state index contributed by atoms with van der Waals surface area (Å²) in [5, 5.41) is 12.3. The molecule has 0 bridgehead atoms. The van der Waals surface area contributed by atoms with Crippen LogP contribution in [0.2, 0.25) is 0 Å². The molecule has 0 aliphatic carbocycles. The van der Waals surface area contributed by atoms with E-state index in [2.05, 4.69) is 48.6 Å². The lowest BCUT2D eigenvalue weighted by Crippen LogP contribution is -2.40. The third kappa shape index (κ3) is 4.16. The minimum Gasteiger partial charge on any atom is -0.480 e. The average molecular weight is 303 g/mol. The molecule has 0 amide bonds. The molecule has 0 unspecified atom stereocenters. The molecule has 4 heteroatoms. The molecule has 0 radical (unpaired) electrons. The van der Waals surface area contributed by atoms with Crippen molar-refractivity contribution >= 4 is 17.3 Å². The second kappa shape index (κ2) is 6.87. The van der Waals surface area contributed by atoms with Crippen molar-refractivity contribution in [2.24, 2.45) is 5.92 Å². The Balaban J connectivity index is 2.03. The zero-order valence-electron chi connectivity index (χ0n) is 12.6. The molecule has 1 aromatic heterocycles. The third-order valence-corrected chi connectivity index (χ3v) is 4.56. The summed E-state index contributed by atoms with van der Waals surface area (Å²) < 4.78 is 0. The molecular weight excluding hydrogens is 282 g/mol. The Hall–Kier alpha value is -1.65. The molecule has 1 heterocycles. The number of hydrogen-bond acceptors (Lipinski definition) is 3. The second-order valence-electron chi connectivity index (χ2n) is 5.57. The van der Waals surface area contributed by atoms with Crippen LogP contribution in [0, 0.1) is 12.8 Å². The molecule has 21 heavy (non-hydrogen) atoms. The number of nitrogens with one attached hydrogen (secondary N) is 1. The highest BCUT2D eigenvalue weighted by Crippen LogP contribution is 2.28. The Morgan fingerprint density at radius 1 is 1.19 bits per heavy atom. The lowest BCUT2D eigenvalue weighted by Gasteiger charge is -2.17. The van der Waals surface area contributed by atoms with Crippen molar-refractivity contribution in [3.63, 3.8) is 0 Å². The van der Waals surface area contributed by atoms with Gasteiger partial charge in [0.15, 0.2) is 0 Å². The van der Waals surface area contributed by atoms with Crippen molar-refractivity contribution < 1.29 is 9.90 Å². The van der Waals surface area contributed by atoms with Crippen molar-refractivity contribution in [1.29, 1.82) is 0 Å². The number of carboxylic acid groups (broad SMARTS) is 1. The van der Waals surface area contributed by atoms with Crippen molar-refractivity contribution in [3.8, 4) is 10.4 Å². The normalized spacial score (nSPS) is 12.6. The predicted molar refractivity (Wildman–Crippen MR) is 87.6 cm³/mol. The quantitative estimate of drug-likeness (QED) is 0.850. The molecule has 112 valence electrons. The number of benzene rings is 1. The van der Waals surface area contributed by atoms with E-state index >= 15 is 0 Å². The number of carboxylic acids is 1. The van der Waals surface area contributed by atoms with Crippen LogP contribution < -0.4 is 5.32 Å². The molecule has 0 aliphatic rings. The summed E-state index contributed by atoms with van der Waals surface area (Å²) in [7, 11) is 0. The van der Waals surface area contributed by atoms with Crippen LogP contribution in [0.15, 0.2) is 36.4 Å². The third-order valence-electron chi connectivity index (χ3n) is 3.43. The van der Waals surface area contributed by atoms with Crippen LogP contribution >= 0.6 is 11.3 Å². The van der Waals surface area contributed by atoms with Crippen LogP contribution in [-0.2, 0) is 11.3 Å². The van der Waals surface area contributed by atoms with Gasteiger partial charge in [-0.3, -0.25) is 10.1 Å². The van der Waals surface area contributed by atoms with E-state index in [-0.39, 0.29) is 5.92 Å². The lowest BCUT2D eigenvalue weighted by atomic mass is 10.1. The standard InChI is InChI=1S/C17H21NO2S/c1-11(2)16(17(19)20)18-10-14-8-9-15(21-14)13-6-4-12(3)5-7-13/h4-9,11,16,18H,10H2,1-3H3,(H,19,20)/t16-/m0/s1. The van der Waals surface area contributed by atoms with Gasteiger partial charge in [-0.15, -0.1) is 11.3 Å². The molecule has 0 saturated heterocycles. The van der Waals surface area contributed by atoms with Gasteiger partial charge in [0.2, 0.25) is 0 Å². The first-order chi connectivity index (χ1) is 9.97. The highest BCUT2D eigenvalue weighted by molar-refractivity contribution is 7.15. The van der Waals surface area contributed by atoms with Gasteiger partial charge in [0, 0.05) is 16.3 Å². The molecule has 2 N–H and O–H groups in total. The topological polar surface area (TPSA) is 49.3 Å². The van der Waals surface area contributed by atoms with Crippen molar-refractivity contribution in [3.05, 3.63) is 46.8 Å². The molecule has 2 aromatic rings. The largest absolute Gasteiger partial charge is 0.480 e. The van der Waals surface area contributed by atoms with Crippen LogP contribution in [0.5, 0.6) is 0 Å². The summed E-state index contributed by atoms with van der Waals surface area (Å²) in [5.74, 6) is -0.723. The molecule has 0 saturated carbocycles. The zero-order chi connectivity index (χ0) is 15.4. The summed E-state index contributed by atoms with van der Waals surface area (Å²) in [6, 6.07) is 12.1. The molecule has 3 nitrogen and oxygen atoms in total. The van der Waals surface area contributed by atoms with Crippen molar-refractivity contribution in [1.82, 2.24) is 5.32 Å². The Labute approximate surface area is 129 Å². The van der Waals surface area contributed by atoms with Crippen molar-refractivity contribution in [2.45, 2.75) is 33.4 Å². The SMILES string of the molecule is Cc1ccc(-c2ccc(CN[C@H](C(=O)O)C(C)C)s2)cc1. The van der Waals surface area contributed by atoms with Crippen LogP contribution in [0.4, 0.5) is 0 Å². The van der Waals surface area contributed by atoms with E-state index in [9.17, 15) is 9.90 Å². The molecular formula is C17H21NO2S. The Bertz CT molecular complexity index is 602. The number of aliphatic carboxylic acids is 1. The van der Waals surface area contributed by atoms with E-state index < -0.39 is 12.0 Å². The molecule has 0 fully saturated rings. The summed E-state index contributed by atoms with van der Waals surface area (Å²) in [5.41, 5.74) is 2.45. The van der Waals surface area contributed by atoms with Crippen LogP contribution in [-0.4, -0.2) is 17.1 Å². The first kappa shape index (κ1) is 15.7. The van der Waals surface area contributed by atoms with Gasteiger partial charge in [0.1, 0.15) is 6.04 Å². The van der Waals surface area contributed by atoms with E-state index in [0.29, 0.717) is 6.54 Å². The predicted octanol–water partition coefficient (Wildman–Crippen LogP) is 3.92. The summed E-state index contributed by atoms with van der Waals surface area (Å²) >= 11 is 1.70. The number of carbonyl (C=O) groups is 1. The summed E-state index contributed by atoms with van der Waals surface area (Å²) in [6.45, 7) is 6.49. The van der Waals surface area contributed by atoms with E-state index in [1.165, 1.54) is 16.0 Å². The van der Waals surface area contributed by atoms with Gasteiger partial charge in [-0.2, -0.15) is 0 Å². The van der Waals surface area contributed by atoms with Crippen LogP contribution in [0.25, 0.3) is 10.4 Å². The van der Waals surface area contributed by atoms with Gasteiger partial charge in [0.25, 0.3) is 0 Å². The van der Waals surface area contributed by atoms with Gasteiger partial charge >= 0.3 is 5.97 Å². The lowest BCUT2D eigenvalue weighted by molar-refractivity contribution is -0.140. The molecule has 1 atom stereocenters. The van der Waals surface area contributed by atoms with Crippen molar-refractivity contribution in [2.75, 3.05) is 0 Å². The smallest absolute Gasteiger partial charge is 0.320 e. The Morgan fingerprint density at radius 2 is 1.86 bits per heavy atom. The summed E-state index contributed by atoms with van der Waals surface area (Å²) in [6.07, 6.45) is 0. The number of rotatable bonds is 6. The molecule has 0 aliphatic heterocycles. The summed E-state index contributed by atoms with van der Waals surface area (Å²) in [4.78, 5) is 13.5. The minimum atomic E-state index is -0.791. The average Bonchev–Trinajstić information content (AvgIpc) is 2.87. The van der Waals surface area contributed by atoms with E-state index in [1.54, 1.807) is 11.3 Å². The monoisotopic (exact) mass is 303 g/mol. The number of aryl methyl sites for hydroxylation is 1. The Kier molecular flexibility index (Phi) is 5.15. The molecule has 2 rings (SSSR count). The zero-order valence-corrected chi connectivity index (χ0v) is 13.4. The fourth-order valence-corrected chi connectivity index (χ4v) is 3.13. The van der Waals surface area contributed by atoms with E-state index in [1.807, 2.05) is 13.8 Å². The van der Waals surface area contributed by atoms with Crippen LogP contribution in [0.3, 0.4) is 0 Å². The highest BCUT2D eigenvalue weighted by atomic mass is 32.1. The van der Waals surface area contributed by atoms with E-state index in [0.717, 1.165) is 4.88 Å². The van der Waals surface area contributed by atoms with Gasteiger partial charge < -0.3 is 5.11 Å². The van der Waals surface area contributed by atoms with E-state index in [4.69, 9.17) is 0 Å². The Morgan fingerprint density at radius 3 is 2.43 bits per heavy atom. The maximum absolute atomic E-state index is 11.2. The van der Waals surface area contributed by atoms with Gasteiger partial charge in [-0.25, -0.2) is 0 Å². The minimum absolute atomic E-state index is 0.0685. The molecule has 0 spiro atoms. The first-order valence-electron chi connectivity index (χ1n) is 7.09. The first-order valence-corrected chi connectivity index (χ1v) is 7.91. The van der Waals surface area contributed by atoms with Crippen LogP contribution in [0.1, 0.15) is 24.3 Å². The fourth-order valence-electron chi connectivity index (χ4n) is 2.16. The second-order valence-corrected chi connectivity index (χ2v) is 6.74. The maximum atomic E-state index is 11.2.